The van der Waals surface area contributed by atoms with Crippen molar-refractivity contribution in [2.45, 2.75) is 26.3 Å². The highest BCUT2D eigenvalue weighted by atomic mass is 19.1. The molecular weight excluding hydrogens is 286 g/mol. The number of hydrogen-bond donors (Lipinski definition) is 0. The summed E-state index contributed by atoms with van der Waals surface area (Å²) < 4.78 is 27.1. The lowest BCUT2D eigenvalue weighted by Crippen LogP contribution is -2.43. The minimum absolute atomic E-state index is 0.219. The number of halogens is 2. The van der Waals surface area contributed by atoms with E-state index in [9.17, 15) is 13.6 Å². The van der Waals surface area contributed by atoms with E-state index in [-0.39, 0.29) is 11.5 Å². The molecule has 0 aliphatic rings. The predicted octanol–water partition coefficient (Wildman–Crippen LogP) is 3.90. The third-order valence-electron chi connectivity index (χ3n) is 3.53. The Labute approximate surface area is 128 Å². The van der Waals surface area contributed by atoms with Crippen molar-refractivity contribution in [2.24, 2.45) is 0 Å². The first-order chi connectivity index (χ1) is 10.2. The topological polar surface area (TPSA) is 33.2 Å². The van der Waals surface area contributed by atoms with Crippen LogP contribution in [0.2, 0.25) is 0 Å². The van der Waals surface area contributed by atoms with Crippen molar-refractivity contribution >= 4 is 5.91 Å². The van der Waals surface area contributed by atoms with Crippen molar-refractivity contribution in [2.75, 3.05) is 7.05 Å². The van der Waals surface area contributed by atoms with Gasteiger partial charge in [0.2, 0.25) is 0 Å². The summed E-state index contributed by atoms with van der Waals surface area (Å²) >= 11 is 0. The number of hydrogen-bond acceptors (Lipinski definition) is 2. The van der Waals surface area contributed by atoms with Crippen LogP contribution in [-0.2, 0) is 0 Å². The van der Waals surface area contributed by atoms with Crippen LogP contribution in [0, 0.1) is 11.6 Å². The molecule has 0 bridgehead atoms. The molecule has 0 fully saturated rings. The molecule has 1 heterocycles. The first-order valence-electron chi connectivity index (χ1n) is 6.90. The molecular formula is C17H18F2N2O. The lowest BCUT2D eigenvalue weighted by Gasteiger charge is -2.31. The van der Waals surface area contributed by atoms with Crippen LogP contribution in [0.3, 0.4) is 0 Å². The molecule has 3 nitrogen and oxygen atoms in total. The lowest BCUT2D eigenvalue weighted by molar-refractivity contribution is 0.0644. The summed E-state index contributed by atoms with van der Waals surface area (Å²) in [5, 5.41) is 0. The molecule has 116 valence electrons. The van der Waals surface area contributed by atoms with Crippen molar-refractivity contribution in [3.63, 3.8) is 0 Å². The SMILES string of the molecule is CN(C(=O)c1ncc(-c2ccc(F)cc2)cc1F)C(C)(C)C. The number of nitrogens with zero attached hydrogens (tertiary/aromatic N) is 2. The van der Waals surface area contributed by atoms with E-state index in [4.69, 9.17) is 0 Å². The number of amides is 1. The third kappa shape index (κ3) is 3.30. The van der Waals surface area contributed by atoms with Gasteiger partial charge in [0, 0.05) is 24.3 Å². The van der Waals surface area contributed by atoms with Crippen molar-refractivity contribution < 1.29 is 13.6 Å². The number of rotatable bonds is 2. The van der Waals surface area contributed by atoms with E-state index in [1.807, 2.05) is 20.8 Å². The maximum atomic E-state index is 14.2. The zero-order chi connectivity index (χ0) is 16.5. The van der Waals surface area contributed by atoms with E-state index in [0.29, 0.717) is 11.1 Å². The highest BCUT2D eigenvalue weighted by Crippen LogP contribution is 2.22. The second-order valence-electron chi connectivity index (χ2n) is 6.10. The maximum Gasteiger partial charge on any atom is 0.275 e. The highest BCUT2D eigenvalue weighted by molar-refractivity contribution is 5.93. The van der Waals surface area contributed by atoms with Gasteiger partial charge in [-0.3, -0.25) is 4.79 Å². The standard InChI is InChI=1S/C17H18F2N2O/c1-17(2,3)21(4)16(22)15-14(19)9-12(10-20-15)11-5-7-13(18)8-6-11/h5-10H,1-4H3. The molecule has 2 rings (SSSR count). The second kappa shape index (κ2) is 5.83. The van der Waals surface area contributed by atoms with E-state index in [1.165, 1.54) is 41.4 Å². The molecule has 0 aliphatic carbocycles. The lowest BCUT2D eigenvalue weighted by atomic mass is 10.1. The molecule has 0 unspecified atom stereocenters. The molecule has 0 saturated heterocycles. The molecule has 1 amide bonds. The fourth-order valence-corrected chi connectivity index (χ4v) is 1.86. The first-order valence-corrected chi connectivity index (χ1v) is 6.90. The van der Waals surface area contributed by atoms with Crippen LogP contribution >= 0.6 is 0 Å². The van der Waals surface area contributed by atoms with Crippen LogP contribution in [0.1, 0.15) is 31.3 Å². The van der Waals surface area contributed by atoms with Crippen LogP contribution in [0.15, 0.2) is 36.5 Å². The maximum absolute atomic E-state index is 14.2. The van der Waals surface area contributed by atoms with Crippen molar-refractivity contribution in [1.82, 2.24) is 9.88 Å². The summed E-state index contributed by atoms with van der Waals surface area (Å²) in [6, 6.07) is 6.90. The van der Waals surface area contributed by atoms with Gasteiger partial charge in [-0.25, -0.2) is 13.8 Å². The van der Waals surface area contributed by atoms with E-state index >= 15 is 0 Å². The van der Waals surface area contributed by atoms with E-state index < -0.39 is 17.3 Å². The minimum Gasteiger partial charge on any atom is -0.335 e. The van der Waals surface area contributed by atoms with Gasteiger partial charge >= 0.3 is 0 Å². The summed E-state index contributed by atoms with van der Waals surface area (Å²) in [6.45, 7) is 5.57. The molecule has 0 atom stereocenters. The zero-order valence-electron chi connectivity index (χ0n) is 13.0. The Morgan fingerprint density at radius 3 is 2.18 bits per heavy atom. The molecule has 0 radical (unpaired) electrons. The normalized spacial score (nSPS) is 11.4. The first kappa shape index (κ1) is 16.1. The number of aromatic nitrogens is 1. The monoisotopic (exact) mass is 304 g/mol. The van der Waals surface area contributed by atoms with Crippen LogP contribution in [0.4, 0.5) is 8.78 Å². The van der Waals surface area contributed by atoms with E-state index in [0.717, 1.165) is 0 Å². The van der Waals surface area contributed by atoms with E-state index in [1.54, 1.807) is 7.05 Å². The Hall–Kier alpha value is -2.30. The van der Waals surface area contributed by atoms with Gasteiger partial charge in [0.25, 0.3) is 5.91 Å². The van der Waals surface area contributed by atoms with Gasteiger partial charge in [-0.2, -0.15) is 0 Å². The number of benzene rings is 1. The van der Waals surface area contributed by atoms with E-state index in [2.05, 4.69) is 4.98 Å². The van der Waals surface area contributed by atoms with Crippen LogP contribution in [0.5, 0.6) is 0 Å². The molecule has 2 aromatic rings. The van der Waals surface area contributed by atoms with Crippen LogP contribution in [0.25, 0.3) is 11.1 Å². The molecule has 5 heteroatoms. The Bertz CT molecular complexity index is 691. The van der Waals surface area contributed by atoms with Gasteiger partial charge in [0.1, 0.15) is 5.82 Å². The van der Waals surface area contributed by atoms with Crippen molar-refractivity contribution in [3.05, 3.63) is 53.9 Å². The van der Waals surface area contributed by atoms with Crippen LogP contribution < -0.4 is 0 Å². The van der Waals surface area contributed by atoms with Gasteiger partial charge in [0.05, 0.1) is 0 Å². The minimum atomic E-state index is -0.692. The summed E-state index contributed by atoms with van der Waals surface area (Å²) in [6.07, 6.45) is 1.42. The summed E-state index contributed by atoms with van der Waals surface area (Å²) in [5.74, 6) is -1.53. The fourth-order valence-electron chi connectivity index (χ4n) is 1.86. The fraction of sp³-hybridized carbons (Fsp3) is 0.294. The van der Waals surface area contributed by atoms with Gasteiger partial charge in [-0.1, -0.05) is 12.1 Å². The summed E-state index contributed by atoms with van der Waals surface area (Å²) in [4.78, 5) is 17.7. The third-order valence-corrected chi connectivity index (χ3v) is 3.53. The highest BCUT2D eigenvalue weighted by Gasteiger charge is 2.26. The quantitative estimate of drug-likeness (QED) is 0.843. The zero-order valence-corrected chi connectivity index (χ0v) is 13.0. The molecule has 0 aliphatic heterocycles. The van der Waals surface area contributed by atoms with Gasteiger partial charge < -0.3 is 4.90 Å². The molecule has 0 spiro atoms. The molecule has 1 aromatic carbocycles. The predicted molar refractivity (Wildman–Crippen MR) is 81.4 cm³/mol. The average Bonchev–Trinajstić information content (AvgIpc) is 2.45. The van der Waals surface area contributed by atoms with Gasteiger partial charge in [-0.15, -0.1) is 0 Å². The second-order valence-corrected chi connectivity index (χ2v) is 6.10. The Balaban J connectivity index is 2.34. The summed E-state index contributed by atoms with van der Waals surface area (Å²) in [5.41, 5.74) is 0.479. The Kier molecular flexibility index (Phi) is 4.26. The van der Waals surface area contributed by atoms with Crippen molar-refractivity contribution in [1.29, 1.82) is 0 Å². The largest absolute Gasteiger partial charge is 0.335 e. The smallest absolute Gasteiger partial charge is 0.275 e. The molecule has 22 heavy (non-hydrogen) atoms. The Morgan fingerprint density at radius 2 is 1.68 bits per heavy atom. The molecule has 0 N–H and O–H groups in total. The number of carbonyl (C=O) groups excluding carboxylic acids is 1. The average molecular weight is 304 g/mol. The Morgan fingerprint density at radius 1 is 1.09 bits per heavy atom. The van der Waals surface area contributed by atoms with Crippen LogP contribution in [-0.4, -0.2) is 28.4 Å². The molecule has 1 aromatic heterocycles. The van der Waals surface area contributed by atoms with Gasteiger partial charge in [0.15, 0.2) is 11.5 Å². The summed E-state index contributed by atoms with van der Waals surface area (Å²) in [7, 11) is 1.61. The van der Waals surface area contributed by atoms with Crippen molar-refractivity contribution in [3.8, 4) is 11.1 Å². The van der Waals surface area contributed by atoms with Gasteiger partial charge in [-0.05, 0) is 44.5 Å². The number of pyridine rings is 1. The number of carbonyl (C=O) groups is 1. The molecule has 0 saturated carbocycles.